The second kappa shape index (κ2) is 6.86. The quantitative estimate of drug-likeness (QED) is 0.752. The van der Waals surface area contributed by atoms with Crippen molar-refractivity contribution in [3.8, 4) is 0 Å². The maximum absolute atomic E-state index is 11.8. The van der Waals surface area contributed by atoms with Crippen LogP contribution in [0, 0.1) is 0 Å². The highest BCUT2D eigenvalue weighted by Crippen LogP contribution is 2.21. The van der Waals surface area contributed by atoms with Crippen molar-refractivity contribution in [3.63, 3.8) is 0 Å². The molecule has 1 aliphatic heterocycles. The SMILES string of the molecule is O=C(NC[C@H](O)c1ccccc1Cl)[C@@H]1CNCCO1. The number of rotatable bonds is 4. The van der Waals surface area contributed by atoms with Gasteiger partial charge in [0.05, 0.1) is 12.7 Å². The molecule has 3 N–H and O–H groups in total. The van der Waals surface area contributed by atoms with Crippen LogP contribution in [0.3, 0.4) is 0 Å². The van der Waals surface area contributed by atoms with Crippen molar-refractivity contribution < 1.29 is 14.6 Å². The number of carbonyl (C=O) groups is 1. The molecule has 0 bridgehead atoms. The first-order chi connectivity index (χ1) is 9.18. The number of carbonyl (C=O) groups excluding carboxylic acids is 1. The molecule has 0 unspecified atom stereocenters. The van der Waals surface area contributed by atoms with Gasteiger partial charge in [0.1, 0.15) is 6.10 Å². The third-order valence-electron chi connectivity index (χ3n) is 2.95. The predicted molar refractivity (Wildman–Crippen MR) is 72.0 cm³/mol. The van der Waals surface area contributed by atoms with E-state index in [1.54, 1.807) is 24.3 Å². The zero-order valence-corrected chi connectivity index (χ0v) is 11.2. The first-order valence-electron chi connectivity index (χ1n) is 6.21. The molecular weight excluding hydrogens is 268 g/mol. The number of hydrogen-bond acceptors (Lipinski definition) is 4. The number of halogens is 1. The van der Waals surface area contributed by atoms with Crippen LogP contribution >= 0.6 is 11.6 Å². The van der Waals surface area contributed by atoms with Crippen molar-refractivity contribution in [1.82, 2.24) is 10.6 Å². The van der Waals surface area contributed by atoms with Crippen molar-refractivity contribution in [2.24, 2.45) is 0 Å². The average Bonchev–Trinajstić information content (AvgIpc) is 2.46. The Balaban J connectivity index is 1.84. The molecule has 5 nitrogen and oxygen atoms in total. The number of nitrogens with one attached hydrogen (secondary N) is 2. The van der Waals surface area contributed by atoms with Gasteiger partial charge in [0.25, 0.3) is 5.91 Å². The standard InChI is InChI=1S/C13H17ClN2O3/c14-10-4-2-1-3-9(10)11(17)7-16-13(18)12-8-15-5-6-19-12/h1-4,11-12,15,17H,5-8H2,(H,16,18)/t11-,12-/m0/s1. The van der Waals surface area contributed by atoms with Crippen LogP contribution < -0.4 is 10.6 Å². The van der Waals surface area contributed by atoms with Gasteiger partial charge in [-0.2, -0.15) is 0 Å². The second-order valence-electron chi connectivity index (χ2n) is 4.35. The van der Waals surface area contributed by atoms with Crippen LogP contribution in [0.5, 0.6) is 0 Å². The Morgan fingerprint density at radius 2 is 2.37 bits per heavy atom. The lowest BCUT2D eigenvalue weighted by molar-refractivity contribution is -0.134. The van der Waals surface area contributed by atoms with Crippen molar-refractivity contribution >= 4 is 17.5 Å². The average molecular weight is 285 g/mol. The van der Waals surface area contributed by atoms with E-state index in [2.05, 4.69) is 10.6 Å². The van der Waals surface area contributed by atoms with Crippen molar-refractivity contribution in [1.29, 1.82) is 0 Å². The Labute approximate surface area is 116 Å². The van der Waals surface area contributed by atoms with Gasteiger partial charge in [-0.25, -0.2) is 0 Å². The highest BCUT2D eigenvalue weighted by molar-refractivity contribution is 6.31. The van der Waals surface area contributed by atoms with Crippen LogP contribution in [0.4, 0.5) is 0 Å². The maximum atomic E-state index is 11.8. The van der Waals surface area contributed by atoms with Gasteiger partial charge < -0.3 is 20.5 Å². The van der Waals surface area contributed by atoms with Gasteiger partial charge in [0.15, 0.2) is 0 Å². The third kappa shape index (κ3) is 3.91. The van der Waals surface area contributed by atoms with Crippen LogP contribution in [-0.2, 0) is 9.53 Å². The van der Waals surface area contributed by atoms with E-state index in [1.807, 2.05) is 0 Å². The van der Waals surface area contributed by atoms with E-state index >= 15 is 0 Å². The van der Waals surface area contributed by atoms with Gasteiger partial charge in [-0.05, 0) is 6.07 Å². The largest absolute Gasteiger partial charge is 0.387 e. The van der Waals surface area contributed by atoms with Crippen molar-refractivity contribution in [2.45, 2.75) is 12.2 Å². The molecule has 2 rings (SSSR count). The zero-order valence-electron chi connectivity index (χ0n) is 10.4. The number of aliphatic hydroxyl groups is 1. The number of hydrogen-bond donors (Lipinski definition) is 3. The van der Waals surface area contributed by atoms with Crippen LogP contribution in [0.2, 0.25) is 5.02 Å². The number of morpholine rings is 1. The summed E-state index contributed by atoms with van der Waals surface area (Å²) in [5, 5.41) is 16.2. The summed E-state index contributed by atoms with van der Waals surface area (Å²) in [5.74, 6) is -0.224. The number of benzene rings is 1. The number of ether oxygens (including phenoxy) is 1. The molecule has 104 valence electrons. The summed E-state index contributed by atoms with van der Waals surface area (Å²) in [5.41, 5.74) is 0.604. The topological polar surface area (TPSA) is 70.6 Å². The van der Waals surface area contributed by atoms with E-state index in [9.17, 15) is 9.90 Å². The first-order valence-corrected chi connectivity index (χ1v) is 6.59. The molecule has 6 heteroatoms. The Morgan fingerprint density at radius 1 is 1.58 bits per heavy atom. The Hall–Kier alpha value is -1.14. The summed E-state index contributed by atoms with van der Waals surface area (Å²) in [7, 11) is 0. The summed E-state index contributed by atoms with van der Waals surface area (Å²) in [6, 6.07) is 7.02. The molecule has 1 heterocycles. The summed E-state index contributed by atoms with van der Waals surface area (Å²) < 4.78 is 5.32. The first kappa shape index (κ1) is 14.3. The molecule has 1 fully saturated rings. The lowest BCUT2D eigenvalue weighted by atomic mass is 10.1. The lowest BCUT2D eigenvalue weighted by Crippen LogP contribution is -2.48. The minimum Gasteiger partial charge on any atom is -0.387 e. The lowest BCUT2D eigenvalue weighted by Gasteiger charge is -2.23. The molecule has 1 saturated heterocycles. The number of amides is 1. The molecule has 0 aliphatic carbocycles. The van der Waals surface area contributed by atoms with E-state index in [0.29, 0.717) is 23.7 Å². The van der Waals surface area contributed by atoms with Gasteiger partial charge >= 0.3 is 0 Å². The molecule has 2 atom stereocenters. The third-order valence-corrected chi connectivity index (χ3v) is 3.30. The van der Waals surface area contributed by atoms with Crippen molar-refractivity contribution in [3.05, 3.63) is 34.9 Å². The zero-order chi connectivity index (χ0) is 13.7. The highest BCUT2D eigenvalue weighted by atomic mass is 35.5. The fourth-order valence-corrected chi connectivity index (χ4v) is 2.16. The van der Waals surface area contributed by atoms with Crippen molar-refractivity contribution in [2.75, 3.05) is 26.2 Å². The molecule has 0 radical (unpaired) electrons. The van der Waals surface area contributed by atoms with Gasteiger partial charge in [-0.15, -0.1) is 0 Å². The normalized spacial score (nSPS) is 20.8. The van der Waals surface area contributed by atoms with Gasteiger partial charge in [-0.3, -0.25) is 4.79 Å². The second-order valence-corrected chi connectivity index (χ2v) is 4.75. The van der Waals surface area contributed by atoms with E-state index in [4.69, 9.17) is 16.3 Å². The summed E-state index contributed by atoms with van der Waals surface area (Å²) in [4.78, 5) is 11.8. The molecule has 0 saturated carbocycles. The summed E-state index contributed by atoms with van der Waals surface area (Å²) >= 11 is 5.98. The molecule has 1 aromatic carbocycles. The number of aliphatic hydroxyl groups excluding tert-OH is 1. The van der Waals surface area contributed by atoms with Gasteiger partial charge in [-0.1, -0.05) is 29.8 Å². The molecular formula is C13H17ClN2O3. The van der Waals surface area contributed by atoms with Crippen LogP contribution in [-0.4, -0.2) is 43.4 Å². The maximum Gasteiger partial charge on any atom is 0.250 e. The summed E-state index contributed by atoms with van der Waals surface area (Å²) in [6.45, 7) is 1.88. The highest BCUT2D eigenvalue weighted by Gasteiger charge is 2.22. The minimum absolute atomic E-state index is 0.114. The predicted octanol–water partition coefficient (Wildman–Crippen LogP) is 0.478. The van der Waals surface area contributed by atoms with Gasteiger partial charge in [0, 0.05) is 30.2 Å². The molecule has 1 aromatic rings. The van der Waals surface area contributed by atoms with E-state index in [1.165, 1.54) is 0 Å². The Bertz CT molecular complexity index is 436. The molecule has 0 spiro atoms. The Morgan fingerprint density at radius 3 is 3.05 bits per heavy atom. The van der Waals surface area contributed by atoms with E-state index in [0.717, 1.165) is 6.54 Å². The molecule has 1 amide bonds. The van der Waals surface area contributed by atoms with E-state index in [-0.39, 0.29) is 12.5 Å². The molecule has 1 aliphatic rings. The monoisotopic (exact) mass is 284 g/mol. The fourth-order valence-electron chi connectivity index (χ4n) is 1.90. The Kier molecular flexibility index (Phi) is 5.15. The minimum atomic E-state index is -0.825. The fraction of sp³-hybridized carbons (Fsp3) is 0.462. The van der Waals surface area contributed by atoms with Crippen LogP contribution in [0.1, 0.15) is 11.7 Å². The van der Waals surface area contributed by atoms with Crippen LogP contribution in [0.15, 0.2) is 24.3 Å². The van der Waals surface area contributed by atoms with Gasteiger partial charge in [0.2, 0.25) is 0 Å². The summed E-state index contributed by atoms with van der Waals surface area (Å²) in [6.07, 6.45) is -1.32. The smallest absolute Gasteiger partial charge is 0.250 e. The molecule has 19 heavy (non-hydrogen) atoms. The van der Waals surface area contributed by atoms with Crippen LogP contribution in [0.25, 0.3) is 0 Å². The van der Waals surface area contributed by atoms with E-state index < -0.39 is 12.2 Å². The molecule has 0 aromatic heterocycles.